The molecule has 0 saturated carbocycles. The highest BCUT2D eigenvalue weighted by Crippen LogP contribution is 2.33. The molecule has 17 rings (SSSR count). The number of terminal acetylenes is 1. The van der Waals surface area contributed by atoms with Crippen molar-refractivity contribution in [1.29, 1.82) is 0 Å². The number of Topliss-reactive ketones (excluding diaryl/α,β-unsaturated/α-hetero) is 3. The SMILES string of the molecule is C#Cc1ccc(-c2ccc(CC)cc2)cc1.C=C(OC)c1cccc(-c2ccc(-c3ccc(CC)cc3)cc2)c1.CCc1ccc(-c2ccc(-c3cccc(C(C)=O)c3)cc2)cc1.CCc1ccc(-c2ccc(-c3cccc(C)c3)cc2)cc1.CCc1ccc(-c2ccc(C(=O)OC)cc2)cc1.CCc1ccc(-c2ccc(C(C)=O)cc2)cc1.CCc1ccc(-c2ccc(C(C)=O)cc2)cc1. The number of carbonyl (C=O) groups is 4. The van der Waals surface area contributed by atoms with Crippen LogP contribution in [0.3, 0.4) is 0 Å². The topological polar surface area (TPSA) is 86.7 Å². The van der Waals surface area contributed by atoms with Gasteiger partial charge >= 0.3 is 5.97 Å². The molecule has 6 heteroatoms. The van der Waals surface area contributed by atoms with Crippen molar-refractivity contribution in [1.82, 2.24) is 0 Å². The maximum Gasteiger partial charge on any atom is 0.337 e. The predicted molar refractivity (Wildman–Crippen MR) is 575 cm³/mol. The average Bonchev–Trinajstić information content (AvgIpc) is 0.842. The first-order chi connectivity index (χ1) is 66.1. The second kappa shape index (κ2) is 51.9. The van der Waals surface area contributed by atoms with Crippen LogP contribution in [0.25, 0.3) is 117 Å². The minimum Gasteiger partial charge on any atom is -0.497 e. The van der Waals surface area contributed by atoms with Crippen molar-refractivity contribution in [3.63, 3.8) is 0 Å². The van der Waals surface area contributed by atoms with Crippen LogP contribution < -0.4 is 0 Å². The summed E-state index contributed by atoms with van der Waals surface area (Å²) in [5.74, 6) is 3.32. The molecule has 0 aliphatic rings. The lowest BCUT2D eigenvalue weighted by molar-refractivity contribution is 0.0600. The van der Waals surface area contributed by atoms with Crippen LogP contribution in [-0.4, -0.2) is 37.5 Å². The summed E-state index contributed by atoms with van der Waals surface area (Å²) < 4.78 is 9.90. The molecule has 0 bridgehead atoms. The molecule has 17 aromatic rings. The summed E-state index contributed by atoms with van der Waals surface area (Å²) >= 11 is 0. The van der Waals surface area contributed by atoms with Gasteiger partial charge in [0, 0.05) is 27.8 Å². The maximum atomic E-state index is 11.5. The van der Waals surface area contributed by atoms with Gasteiger partial charge in [-0.3, -0.25) is 14.4 Å². The molecule has 0 heterocycles. The third kappa shape index (κ3) is 29.7. The number of hydrogen-bond donors (Lipinski definition) is 0. The highest BCUT2D eigenvalue weighted by Gasteiger charge is 2.12. The van der Waals surface area contributed by atoms with E-state index in [9.17, 15) is 19.2 Å². The van der Waals surface area contributed by atoms with Crippen LogP contribution in [0.15, 0.2) is 419 Å². The Morgan fingerprint density at radius 3 is 0.632 bits per heavy atom. The number of aryl methyl sites for hydroxylation is 8. The average molecular weight is 1780 g/mol. The monoisotopic (exact) mass is 1780 g/mol. The zero-order valence-electron chi connectivity index (χ0n) is 80.9. The Kier molecular flexibility index (Phi) is 38.5. The fraction of sp³-hybridized carbons (Fsp3) is 0.154. The molecule has 136 heavy (non-hydrogen) atoms. The van der Waals surface area contributed by atoms with E-state index in [4.69, 9.17) is 11.2 Å². The van der Waals surface area contributed by atoms with Gasteiger partial charge in [0.2, 0.25) is 0 Å². The molecule has 0 atom stereocenters. The standard InChI is InChI=1S/C23H22O.C22H20O.C21H20.C16H16O2.2C16H16O.C16H14/c1-4-18-8-10-19(11-9-18)20-12-14-21(15-13-20)23-7-5-6-22(16-23)17(2)24-3;1-3-17-7-9-18(10-8-17)19-11-13-20(14-12-19)22-6-4-5-21(15-22)16(2)23;1-3-17-7-9-18(10-8-17)19-11-13-20(14-12-19)21-6-4-5-16(2)15-21;1-3-12-4-6-13(7-5-12)14-8-10-15(11-9-14)16(17)18-2;2*1-3-13-4-6-15(7-5-13)16-10-8-14(9-11-16)12(2)17;1-3-13-5-9-15(10-6-13)16-11-7-14(4-2)8-12-16/h5-16H,2,4H2,1,3H3;4-15H,3H2,1-2H3;4-15H,3H2,1-2H3;4-11H,3H2,1-2H3;2*4-11H,3H2,1-2H3;1,5-12H,4H2,2H3. The Labute approximate surface area is 808 Å². The van der Waals surface area contributed by atoms with E-state index in [-0.39, 0.29) is 23.3 Å². The number of benzene rings is 17. The van der Waals surface area contributed by atoms with Crippen LogP contribution in [0.5, 0.6) is 0 Å². The van der Waals surface area contributed by atoms with Crippen LogP contribution in [0, 0.1) is 19.3 Å². The van der Waals surface area contributed by atoms with Gasteiger partial charge in [0.05, 0.1) is 19.8 Å². The van der Waals surface area contributed by atoms with Gasteiger partial charge < -0.3 is 9.47 Å². The number of esters is 1. The first-order valence-corrected chi connectivity index (χ1v) is 47.1. The number of hydrogen-bond acceptors (Lipinski definition) is 6. The molecule has 680 valence electrons. The second-order valence-corrected chi connectivity index (χ2v) is 33.4. The van der Waals surface area contributed by atoms with Crippen molar-refractivity contribution >= 4 is 29.1 Å². The molecule has 0 fully saturated rings. The summed E-state index contributed by atoms with van der Waals surface area (Å²) in [6.07, 6.45) is 12.8. The fourth-order valence-electron chi connectivity index (χ4n) is 15.3. The summed E-state index contributed by atoms with van der Waals surface area (Å²) in [6.45, 7) is 26.0. The number of ether oxygens (including phenoxy) is 2. The lowest BCUT2D eigenvalue weighted by Gasteiger charge is -2.09. The molecule has 17 aromatic carbocycles. The number of ketones is 3. The largest absolute Gasteiger partial charge is 0.497 e. The summed E-state index contributed by atoms with van der Waals surface area (Å²) in [4.78, 5) is 45.2. The van der Waals surface area contributed by atoms with Gasteiger partial charge in [-0.05, 0) is 259 Å². The molecule has 0 aromatic heterocycles. The third-order valence-electron chi connectivity index (χ3n) is 24.2. The molecule has 0 aliphatic heterocycles. The number of carbonyl (C=O) groups excluding carboxylic acids is 4. The molecule has 0 amide bonds. The molecular formula is C130H124O6. The van der Waals surface area contributed by atoms with Crippen molar-refractivity contribution in [2.45, 2.75) is 121 Å². The third-order valence-corrected chi connectivity index (χ3v) is 24.2. The highest BCUT2D eigenvalue weighted by molar-refractivity contribution is 5.96. The van der Waals surface area contributed by atoms with E-state index in [0.717, 1.165) is 106 Å². The first-order valence-electron chi connectivity index (χ1n) is 47.1. The minimum atomic E-state index is -0.303. The van der Waals surface area contributed by atoms with E-state index in [2.05, 4.69) is 364 Å². The van der Waals surface area contributed by atoms with Crippen molar-refractivity contribution in [3.8, 4) is 124 Å². The number of methoxy groups -OCH3 is 2. The molecular weight excluding hydrogens is 1660 g/mol. The smallest absolute Gasteiger partial charge is 0.337 e. The van der Waals surface area contributed by atoms with Crippen molar-refractivity contribution in [3.05, 3.63) is 497 Å². The molecule has 0 spiro atoms. The number of rotatable bonds is 23. The van der Waals surface area contributed by atoms with Crippen LogP contribution >= 0.6 is 0 Å². The zero-order valence-corrected chi connectivity index (χ0v) is 80.9. The van der Waals surface area contributed by atoms with E-state index in [1.165, 1.54) is 130 Å². The minimum absolute atomic E-state index is 0.0967. The lowest BCUT2D eigenvalue weighted by atomic mass is 9.98. The van der Waals surface area contributed by atoms with Gasteiger partial charge in [-0.15, -0.1) is 6.42 Å². The van der Waals surface area contributed by atoms with E-state index in [0.29, 0.717) is 11.3 Å². The first kappa shape index (κ1) is 101. The molecule has 0 aliphatic carbocycles. The Hall–Kier alpha value is -15.7. The Balaban J connectivity index is 0.000000153. The lowest BCUT2D eigenvalue weighted by Crippen LogP contribution is -2.00. The van der Waals surface area contributed by atoms with Gasteiger partial charge in [0.25, 0.3) is 0 Å². The molecule has 0 radical (unpaired) electrons. The summed E-state index contributed by atoms with van der Waals surface area (Å²) in [5.41, 5.74) is 39.5. The van der Waals surface area contributed by atoms with Crippen LogP contribution in [0.2, 0.25) is 0 Å². The van der Waals surface area contributed by atoms with Crippen molar-refractivity contribution in [2.24, 2.45) is 0 Å². The highest BCUT2D eigenvalue weighted by atomic mass is 16.5. The summed E-state index contributed by atoms with van der Waals surface area (Å²) in [5, 5.41) is 0. The Morgan fingerprint density at radius 1 is 0.228 bits per heavy atom. The van der Waals surface area contributed by atoms with Gasteiger partial charge in [-0.25, -0.2) is 4.79 Å². The van der Waals surface area contributed by atoms with E-state index < -0.39 is 0 Å². The molecule has 0 saturated heterocycles. The second-order valence-electron chi connectivity index (χ2n) is 33.4. The van der Waals surface area contributed by atoms with E-state index >= 15 is 0 Å². The Morgan fingerprint density at radius 2 is 0.419 bits per heavy atom. The zero-order chi connectivity index (χ0) is 96.7. The van der Waals surface area contributed by atoms with Gasteiger partial charge in [-0.2, -0.15) is 0 Å². The van der Waals surface area contributed by atoms with Crippen LogP contribution in [-0.2, 0) is 54.4 Å². The quantitative estimate of drug-likeness (QED) is 0.0274. The summed E-state index contributed by atoms with van der Waals surface area (Å²) in [6, 6.07) is 142. The van der Waals surface area contributed by atoms with Crippen molar-refractivity contribution in [2.75, 3.05) is 14.2 Å². The normalized spacial score (nSPS) is 10.3. The molecule has 0 unspecified atom stereocenters. The predicted octanol–water partition coefficient (Wildman–Crippen LogP) is 33.7. The van der Waals surface area contributed by atoms with Gasteiger partial charge in [0.15, 0.2) is 17.3 Å². The van der Waals surface area contributed by atoms with Crippen LogP contribution in [0.4, 0.5) is 0 Å². The van der Waals surface area contributed by atoms with E-state index in [1.54, 1.807) is 40.0 Å². The van der Waals surface area contributed by atoms with Crippen molar-refractivity contribution < 1.29 is 28.7 Å². The summed E-state index contributed by atoms with van der Waals surface area (Å²) in [7, 11) is 3.04. The molecule has 0 N–H and O–H groups in total. The van der Waals surface area contributed by atoms with Gasteiger partial charge in [-0.1, -0.05) is 443 Å². The van der Waals surface area contributed by atoms with E-state index in [1.807, 2.05) is 109 Å². The van der Waals surface area contributed by atoms with Gasteiger partial charge in [0.1, 0.15) is 5.76 Å². The Bertz CT molecular complexity index is 6600. The fourth-order valence-corrected chi connectivity index (χ4v) is 15.3. The van der Waals surface area contributed by atoms with Crippen LogP contribution in [0.1, 0.15) is 166 Å². The maximum absolute atomic E-state index is 11.5. The molecule has 6 nitrogen and oxygen atoms in total.